The van der Waals surface area contributed by atoms with Gasteiger partial charge in [0.1, 0.15) is 11.5 Å². The van der Waals surface area contributed by atoms with Crippen molar-refractivity contribution in [3.05, 3.63) is 59.2 Å². The molecule has 5 heteroatoms. The molecule has 1 saturated heterocycles. The smallest absolute Gasteiger partial charge is 0.235 e. The van der Waals surface area contributed by atoms with Gasteiger partial charge < -0.3 is 9.47 Å². The van der Waals surface area contributed by atoms with Gasteiger partial charge in [0.25, 0.3) is 0 Å². The molecule has 27 heavy (non-hydrogen) atoms. The number of carbonyl (C=O) groups is 2. The summed E-state index contributed by atoms with van der Waals surface area (Å²) in [5, 5.41) is 2.48. The lowest BCUT2D eigenvalue weighted by atomic mass is 9.75. The fourth-order valence-electron chi connectivity index (χ4n) is 4.20. The summed E-state index contributed by atoms with van der Waals surface area (Å²) in [6, 6.07) is 14.0. The van der Waals surface area contributed by atoms with Crippen molar-refractivity contribution >= 4 is 11.8 Å². The van der Waals surface area contributed by atoms with E-state index in [1.54, 1.807) is 7.11 Å². The normalized spacial score (nSPS) is 20.6. The first-order valence-corrected chi connectivity index (χ1v) is 9.40. The first kappa shape index (κ1) is 17.6. The van der Waals surface area contributed by atoms with E-state index in [-0.39, 0.29) is 17.7 Å². The lowest BCUT2D eigenvalue weighted by Crippen LogP contribution is -2.24. The predicted molar refractivity (Wildman–Crippen MR) is 101 cm³/mol. The van der Waals surface area contributed by atoms with Crippen LogP contribution in [0, 0.1) is 5.92 Å². The molecule has 0 aromatic heterocycles. The van der Waals surface area contributed by atoms with Crippen molar-refractivity contribution < 1.29 is 19.1 Å². The van der Waals surface area contributed by atoms with Gasteiger partial charge in [0.15, 0.2) is 0 Å². The zero-order valence-corrected chi connectivity index (χ0v) is 15.4. The Morgan fingerprint density at radius 3 is 2.59 bits per heavy atom. The number of fused-ring (bicyclic) bond motifs is 3. The number of nitrogens with one attached hydrogen (secondary N) is 1. The molecular formula is C22H23NO4. The van der Waals surface area contributed by atoms with E-state index in [0.29, 0.717) is 25.2 Å². The third-order valence-electron chi connectivity index (χ3n) is 5.49. The van der Waals surface area contributed by atoms with Crippen molar-refractivity contribution in [2.24, 2.45) is 5.92 Å². The molecule has 1 heterocycles. The third-order valence-corrected chi connectivity index (χ3v) is 5.49. The molecule has 4 rings (SSSR count). The quantitative estimate of drug-likeness (QED) is 0.631. The summed E-state index contributed by atoms with van der Waals surface area (Å²) in [6.07, 6.45) is 3.18. The van der Waals surface area contributed by atoms with E-state index in [1.165, 1.54) is 5.56 Å². The van der Waals surface area contributed by atoms with Crippen LogP contribution in [-0.2, 0) is 22.4 Å². The minimum absolute atomic E-state index is 0.173. The highest BCUT2D eigenvalue weighted by Gasteiger charge is 2.47. The van der Waals surface area contributed by atoms with Gasteiger partial charge in [0.2, 0.25) is 11.8 Å². The molecule has 1 N–H and O–H groups in total. The fraction of sp³-hybridized carbons (Fsp3) is 0.364. The van der Waals surface area contributed by atoms with Gasteiger partial charge in [0.05, 0.1) is 25.6 Å². The fourth-order valence-corrected chi connectivity index (χ4v) is 4.20. The first-order valence-electron chi connectivity index (χ1n) is 9.40. The molecule has 2 aromatic carbocycles. The van der Waals surface area contributed by atoms with Gasteiger partial charge in [0, 0.05) is 11.1 Å². The molecule has 2 atom stereocenters. The lowest BCUT2D eigenvalue weighted by molar-refractivity contribution is -0.125. The van der Waals surface area contributed by atoms with Crippen LogP contribution in [0.15, 0.2) is 42.5 Å². The zero-order valence-electron chi connectivity index (χ0n) is 15.4. The second kappa shape index (κ2) is 7.43. The Balaban J connectivity index is 1.55. The van der Waals surface area contributed by atoms with Gasteiger partial charge in [-0.1, -0.05) is 30.3 Å². The monoisotopic (exact) mass is 365 g/mol. The van der Waals surface area contributed by atoms with Gasteiger partial charge >= 0.3 is 0 Å². The van der Waals surface area contributed by atoms with E-state index in [0.717, 1.165) is 29.7 Å². The Morgan fingerprint density at radius 2 is 1.81 bits per heavy atom. The Kier molecular flexibility index (Phi) is 4.84. The molecule has 1 aliphatic carbocycles. The summed E-state index contributed by atoms with van der Waals surface area (Å²) in [6.45, 7) is 0.556. The number of hydrogen-bond acceptors (Lipinski definition) is 4. The molecule has 2 unspecified atom stereocenters. The summed E-state index contributed by atoms with van der Waals surface area (Å²) >= 11 is 0. The number of aryl methyl sites for hydroxylation is 1. The van der Waals surface area contributed by atoms with Crippen LogP contribution in [0.2, 0.25) is 0 Å². The molecule has 1 aliphatic heterocycles. The van der Waals surface area contributed by atoms with Crippen LogP contribution in [0.3, 0.4) is 0 Å². The maximum Gasteiger partial charge on any atom is 0.235 e. The topological polar surface area (TPSA) is 64.6 Å². The number of hydrogen-bond donors (Lipinski definition) is 1. The molecule has 1 fully saturated rings. The molecule has 140 valence electrons. The van der Waals surface area contributed by atoms with Crippen molar-refractivity contribution in [3.8, 4) is 11.5 Å². The molecule has 2 aromatic rings. The van der Waals surface area contributed by atoms with Crippen LogP contribution in [0.5, 0.6) is 11.5 Å². The molecular weight excluding hydrogens is 342 g/mol. The van der Waals surface area contributed by atoms with Crippen LogP contribution >= 0.6 is 0 Å². The van der Waals surface area contributed by atoms with Gasteiger partial charge in [-0.15, -0.1) is 0 Å². The Morgan fingerprint density at radius 1 is 1.04 bits per heavy atom. The van der Waals surface area contributed by atoms with Crippen LogP contribution in [0.4, 0.5) is 0 Å². The number of methoxy groups -OCH3 is 1. The molecule has 5 nitrogen and oxygen atoms in total. The number of carbonyl (C=O) groups excluding carboxylic acids is 2. The summed E-state index contributed by atoms with van der Waals surface area (Å²) < 4.78 is 11.6. The van der Waals surface area contributed by atoms with E-state index in [4.69, 9.17) is 9.47 Å². The van der Waals surface area contributed by atoms with Crippen molar-refractivity contribution in [2.45, 2.75) is 31.6 Å². The maximum atomic E-state index is 12.4. The van der Waals surface area contributed by atoms with E-state index >= 15 is 0 Å². The summed E-state index contributed by atoms with van der Waals surface area (Å²) in [5.41, 5.74) is 3.09. The predicted octanol–water partition coefficient (Wildman–Crippen LogP) is 3.01. The SMILES string of the molecule is COc1ccc(OCCCc2ccccc2)c2c1CCC1C(=O)NC(=O)C21. The first-order chi connectivity index (χ1) is 13.2. The summed E-state index contributed by atoms with van der Waals surface area (Å²) in [5.74, 6) is 0.275. The van der Waals surface area contributed by atoms with Gasteiger partial charge in [-0.2, -0.15) is 0 Å². The largest absolute Gasteiger partial charge is 0.496 e. The Labute approximate surface area is 158 Å². The van der Waals surface area contributed by atoms with Crippen LogP contribution in [0.25, 0.3) is 0 Å². The van der Waals surface area contributed by atoms with Crippen LogP contribution in [-0.4, -0.2) is 25.5 Å². The Bertz CT molecular complexity index is 862. The van der Waals surface area contributed by atoms with Crippen molar-refractivity contribution in [1.29, 1.82) is 0 Å². The van der Waals surface area contributed by atoms with E-state index in [9.17, 15) is 9.59 Å². The van der Waals surface area contributed by atoms with Gasteiger partial charge in [-0.05, 0) is 43.4 Å². The highest BCUT2D eigenvalue weighted by Crippen LogP contribution is 2.47. The number of amides is 2. The average Bonchev–Trinajstić information content (AvgIpc) is 2.99. The average molecular weight is 365 g/mol. The van der Waals surface area contributed by atoms with Gasteiger partial charge in [-0.25, -0.2) is 0 Å². The molecule has 0 saturated carbocycles. The zero-order chi connectivity index (χ0) is 18.8. The molecule has 2 amide bonds. The minimum Gasteiger partial charge on any atom is -0.496 e. The van der Waals surface area contributed by atoms with Crippen molar-refractivity contribution in [3.63, 3.8) is 0 Å². The highest BCUT2D eigenvalue weighted by atomic mass is 16.5. The van der Waals surface area contributed by atoms with E-state index in [2.05, 4.69) is 17.4 Å². The summed E-state index contributed by atoms with van der Waals surface area (Å²) in [7, 11) is 1.63. The number of imide groups is 1. The minimum atomic E-state index is -0.472. The van der Waals surface area contributed by atoms with Crippen molar-refractivity contribution in [2.75, 3.05) is 13.7 Å². The van der Waals surface area contributed by atoms with Crippen LogP contribution < -0.4 is 14.8 Å². The van der Waals surface area contributed by atoms with Gasteiger partial charge in [-0.3, -0.25) is 14.9 Å². The third kappa shape index (κ3) is 3.29. The van der Waals surface area contributed by atoms with E-state index in [1.807, 2.05) is 30.3 Å². The summed E-state index contributed by atoms with van der Waals surface area (Å²) in [4.78, 5) is 24.5. The number of rotatable bonds is 6. The van der Waals surface area contributed by atoms with E-state index < -0.39 is 5.92 Å². The van der Waals surface area contributed by atoms with Crippen LogP contribution in [0.1, 0.15) is 35.4 Å². The number of benzene rings is 2. The molecule has 2 aliphatic rings. The second-order valence-corrected chi connectivity index (χ2v) is 7.07. The highest BCUT2D eigenvalue weighted by molar-refractivity contribution is 6.08. The molecule has 0 radical (unpaired) electrons. The molecule has 0 spiro atoms. The Hall–Kier alpha value is -2.82. The standard InChI is InChI=1S/C22H23NO4/c1-26-17-11-12-18(27-13-5-8-14-6-3-2-4-7-14)19-15(17)9-10-16-20(19)22(25)23-21(16)24/h2-4,6-7,11-12,16,20H,5,8-10,13H2,1H3,(H,23,24,25). The maximum absolute atomic E-state index is 12.4. The molecule has 0 bridgehead atoms. The second-order valence-electron chi connectivity index (χ2n) is 7.07. The lowest BCUT2D eigenvalue weighted by Gasteiger charge is -2.28. The van der Waals surface area contributed by atoms with Crippen molar-refractivity contribution in [1.82, 2.24) is 5.32 Å². The number of ether oxygens (including phenoxy) is 2.